The third-order valence-corrected chi connectivity index (χ3v) is 3.28. The molecule has 1 amide bonds. The maximum Gasteiger partial charge on any atom is 0.287 e. The van der Waals surface area contributed by atoms with Crippen molar-refractivity contribution < 1.29 is 19.4 Å². The molecule has 1 aromatic heterocycles. The minimum absolute atomic E-state index is 0.0986. The lowest BCUT2D eigenvalue weighted by Crippen LogP contribution is -2.29. The zero-order valence-electron chi connectivity index (χ0n) is 12.1. The van der Waals surface area contributed by atoms with Crippen LogP contribution in [0.15, 0.2) is 18.3 Å². The number of hydrogen-bond acceptors (Lipinski definition) is 5. The van der Waals surface area contributed by atoms with Crippen LogP contribution < -0.4 is 10.1 Å². The molecular weight excluding hydrogens is 272 g/mol. The normalized spacial score (nSPS) is 10.4. The molecule has 2 aromatic rings. The highest BCUT2D eigenvalue weighted by molar-refractivity contribution is 6.35. The van der Waals surface area contributed by atoms with Gasteiger partial charge < -0.3 is 15.2 Å². The molecule has 0 atom stereocenters. The number of nitrogens with zero attached hydrogens (tertiary/aromatic N) is 1. The van der Waals surface area contributed by atoms with E-state index in [1.807, 2.05) is 0 Å². The third-order valence-electron chi connectivity index (χ3n) is 3.28. The summed E-state index contributed by atoms with van der Waals surface area (Å²) in [5.41, 5.74) is 1.19. The Morgan fingerprint density at radius 1 is 1.38 bits per heavy atom. The van der Waals surface area contributed by atoms with Gasteiger partial charge in [0.15, 0.2) is 0 Å². The number of aromatic hydroxyl groups is 1. The first-order chi connectivity index (χ1) is 9.95. The summed E-state index contributed by atoms with van der Waals surface area (Å²) < 4.78 is 5.22. The van der Waals surface area contributed by atoms with Crippen molar-refractivity contribution in [2.75, 3.05) is 7.11 Å². The Morgan fingerprint density at radius 2 is 2.10 bits per heavy atom. The van der Waals surface area contributed by atoms with Crippen molar-refractivity contribution in [1.29, 1.82) is 0 Å². The number of benzene rings is 1. The molecule has 0 aliphatic rings. The SMILES string of the molecule is COc1cc2c(CNC(=O)C(C)=O)nccc2c(O)c1C. The molecular formula is C15H16N2O4. The van der Waals surface area contributed by atoms with Crippen LogP contribution in [-0.2, 0) is 16.1 Å². The Labute approximate surface area is 121 Å². The van der Waals surface area contributed by atoms with Gasteiger partial charge in [0.2, 0.25) is 5.78 Å². The van der Waals surface area contributed by atoms with Gasteiger partial charge in [-0.25, -0.2) is 0 Å². The van der Waals surface area contributed by atoms with Crippen molar-refractivity contribution in [3.63, 3.8) is 0 Å². The van der Waals surface area contributed by atoms with E-state index >= 15 is 0 Å². The standard InChI is InChI=1S/C15H16N2O4/c1-8-13(21-3)6-11-10(14(8)19)4-5-16-12(11)7-17-15(20)9(2)18/h4-6,19H,7H2,1-3H3,(H,17,20). The quantitative estimate of drug-likeness (QED) is 0.832. The van der Waals surface area contributed by atoms with E-state index in [1.165, 1.54) is 14.0 Å². The summed E-state index contributed by atoms with van der Waals surface area (Å²) in [7, 11) is 1.52. The molecule has 0 bridgehead atoms. The summed E-state index contributed by atoms with van der Waals surface area (Å²) in [6.45, 7) is 3.05. The monoisotopic (exact) mass is 288 g/mol. The molecule has 0 aliphatic heterocycles. The molecule has 0 spiro atoms. The van der Waals surface area contributed by atoms with Crippen LogP contribution in [0.5, 0.6) is 11.5 Å². The van der Waals surface area contributed by atoms with Crippen molar-refractivity contribution in [1.82, 2.24) is 10.3 Å². The van der Waals surface area contributed by atoms with E-state index in [4.69, 9.17) is 4.74 Å². The molecule has 1 aromatic carbocycles. The minimum Gasteiger partial charge on any atom is -0.507 e. The molecule has 0 unspecified atom stereocenters. The van der Waals surface area contributed by atoms with Crippen LogP contribution in [0.4, 0.5) is 0 Å². The summed E-state index contributed by atoms with van der Waals surface area (Å²) in [6, 6.07) is 3.44. The van der Waals surface area contributed by atoms with Crippen LogP contribution in [0.2, 0.25) is 0 Å². The Bertz CT molecular complexity index is 725. The van der Waals surface area contributed by atoms with Gasteiger partial charge in [-0.3, -0.25) is 14.6 Å². The van der Waals surface area contributed by atoms with Crippen molar-refractivity contribution in [3.05, 3.63) is 29.6 Å². The average Bonchev–Trinajstić information content (AvgIpc) is 2.48. The largest absolute Gasteiger partial charge is 0.507 e. The summed E-state index contributed by atoms with van der Waals surface area (Å²) in [5.74, 6) is -0.582. The third kappa shape index (κ3) is 2.79. The summed E-state index contributed by atoms with van der Waals surface area (Å²) in [5, 5.41) is 14.0. The zero-order valence-corrected chi connectivity index (χ0v) is 12.1. The molecule has 0 aliphatic carbocycles. The van der Waals surface area contributed by atoms with Gasteiger partial charge in [0.25, 0.3) is 5.91 Å². The maximum atomic E-state index is 11.3. The topological polar surface area (TPSA) is 88.5 Å². The summed E-state index contributed by atoms with van der Waals surface area (Å²) in [6.07, 6.45) is 1.54. The van der Waals surface area contributed by atoms with Crippen molar-refractivity contribution in [2.45, 2.75) is 20.4 Å². The van der Waals surface area contributed by atoms with Gasteiger partial charge in [-0.05, 0) is 19.1 Å². The fraction of sp³-hybridized carbons (Fsp3) is 0.267. The molecule has 0 radical (unpaired) electrons. The lowest BCUT2D eigenvalue weighted by Gasteiger charge is -2.12. The molecule has 0 saturated carbocycles. The molecule has 0 saturated heterocycles. The zero-order chi connectivity index (χ0) is 15.6. The number of fused-ring (bicyclic) bond motifs is 1. The number of carbonyl (C=O) groups is 2. The Hall–Kier alpha value is -2.63. The second-order valence-corrected chi connectivity index (χ2v) is 4.64. The van der Waals surface area contributed by atoms with Crippen molar-refractivity contribution in [2.24, 2.45) is 0 Å². The molecule has 110 valence electrons. The molecule has 6 nitrogen and oxygen atoms in total. The van der Waals surface area contributed by atoms with Gasteiger partial charge in [-0.2, -0.15) is 0 Å². The van der Waals surface area contributed by atoms with Crippen molar-refractivity contribution in [3.8, 4) is 11.5 Å². The van der Waals surface area contributed by atoms with Crippen LogP contribution in [-0.4, -0.2) is 28.9 Å². The first-order valence-corrected chi connectivity index (χ1v) is 6.38. The van der Waals surface area contributed by atoms with E-state index in [0.29, 0.717) is 27.8 Å². The fourth-order valence-electron chi connectivity index (χ4n) is 2.08. The van der Waals surface area contributed by atoms with Gasteiger partial charge in [0.05, 0.1) is 19.3 Å². The first kappa shape index (κ1) is 14.8. The van der Waals surface area contributed by atoms with E-state index in [1.54, 1.807) is 25.3 Å². The predicted octanol–water partition coefficient (Wildman–Crippen LogP) is 1.46. The minimum atomic E-state index is -0.669. The number of ketones is 1. The number of ether oxygens (including phenoxy) is 1. The number of amides is 1. The van der Waals surface area contributed by atoms with Gasteiger partial charge in [0, 0.05) is 29.5 Å². The first-order valence-electron chi connectivity index (χ1n) is 6.38. The average molecular weight is 288 g/mol. The van der Waals surface area contributed by atoms with Crippen molar-refractivity contribution >= 4 is 22.5 Å². The van der Waals surface area contributed by atoms with Crippen LogP contribution in [0.25, 0.3) is 10.8 Å². The second-order valence-electron chi connectivity index (χ2n) is 4.64. The smallest absolute Gasteiger partial charge is 0.287 e. The van der Waals surface area contributed by atoms with E-state index in [-0.39, 0.29) is 12.3 Å². The van der Waals surface area contributed by atoms with E-state index < -0.39 is 11.7 Å². The number of phenols is 1. The van der Waals surface area contributed by atoms with Gasteiger partial charge >= 0.3 is 0 Å². The predicted molar refractivity (Wildman–Crippen MR) is 77.2 cm³/mol. The molecule has 6 heteroatoms. The lowest BCUT2D eigenvalue weighted by molar-refractivity contribution is -0.136. The number of nitrogens with one attached hydrogen (secondary N) is 1. The van der Waals surface area contributed by atoms with E-state index in [0.717, 1.165) is 0 Å². The maximum absolute atomic E-state index is 11.3. The lowest BCUT2D eigenvalue weighted by atomic mass is 10.0. The second kappa shape index (κ2) is 5.78. The Balaban J connectivity index is 2.48. The number of pyridine rings is 1. The van der Waals surface area contributed by atoms with Gasteiger partial charge in [0.1, 0.15) is 11.5 Å². The van der Waals surface area contributed by atoms with Crippen LogP contribution in [0.1, 0.15) is 18.2 Å². The number of rotatable bonds is 4. The molecule has 2 N–H and O–H groups in total. The Morgan fingerprint density at radius 3 is 2.71 bits per heavy atom. The van der Waals surface area contributed by atoms with Crippen LogP contribution in [0.3, 0.4) is 0 Å². The van der Waals surface area contributed by atoms with E-state index in [9.17, 15) is 14.7 Å². The number of methoxy groups -OCH3 is 1. The highest BCUT2D eigenvalue weighted by atomic mass is 16.5. The number of hydrogen-bond donors (Lipinski definition) is 2. The summed E-state index contributed by atoms with van der Waals surface area (Å²) >= 11 is 0. The Kier molecular flexibility index (Phi) is 4.07. The van der Waals surface area contributed by atoms with Crippen LogP contribution >= 0.6 is 0 Å². The molecule has 21 heavy (non-hydrogen) atoms. The highest BCUT2D eigenvalue weighted by Gasteiger charge is 2.14. The van der Waals surface area contributed by atoms with Gasteiger partial charge in [-0.15, -0.1) is 0 Å². The molecule has 0 fully saturated rings. The number of aromatic nitrogens is 1. The molecule has 1 heterocycles. The number of phenolic OH excluding ortho intramolecular Hbond substituents is 1. The van der Waals surface area contributed by atoms with E-state index in [2.05, 4.69) is 10.3 Å². The molecule has 2 rings (SSSR count). The number of carbonyl (C=O) groups excluding carboxylic acids is 2. The highest BCUT2D eigenvalue weighted by Crippen LogP contribution is 2.36. The van der Waals surface area contributed by atoms with Crippen LogP contribution in [0, 0.1) is 6.92 Å². The summed E-state index contributed by atoms with van der Waals surface area (Å²) in [4.78, 5) is 26.5. The number of Topliss-reactive ketones (excluding diaryl/α,β-unsaturated/α-hetero) is 1. The van der Waals surface area contributed by atoms with Gasteiger partial charge in [-0.1, -0.05) is 0 Å². The fourth-order valence-corrected chi connectivity index (χ4v) is 2.08.